The average Bonchev–Trinajstić information content (AvgIpc) is 3.22. The number of carbonyl (C=O) groups is 2. The molecule has 0 atom stereocenters. The molecule has 1 heterocycles. The van der Waals surface area contributed by atoms with Crippen LogP contribution in [-0.4, -0.2) is 52.1 Å². The fourth-order valence-electron chi connectivity index (χ4n) is 2.47. The van der Waals surface area contributed by atoms with Crippen molar-refractivity contribution in [3.8, 4) is 11.4 Å². The van der Waals surface area contributed by atoms with E-state index in [9.17, 15) is 9.59 Å². The Morgan fingerprint density at radius 3 is 2.59 bits per heavy atom. The summed E-state index contributed by atoms with van der Waals surface area (Å²) in [6.45, 7) is 1.84. The van der Waals surface area contributed by atoms with Gasteiger partial charge in [-0.05, 0) is 59.3 Å². The molecular formula is C19H19N5O4S. The second-order valence-corrected chi connectivity index (χ2v) is 6.87. The van der Waals surface area contributed by atoms with E-state index in [0.29, 0.717) is 16.4 Å². The molecule has 150 valence electrons. The van der Waals surface area contributed by atoms with Crippen molar-refractivity contribution in [2.45, 2.75) is 12.1 Å². The largest absolute Gasteiger partial charge is 0.497 e. The Labute approximate surface area is 171 Å². The van der Waals surface area contributed by atoms with Gasteiger partial charge in [-0.15, -0.1) is 5.10 Å². The van der Waals surface area contributed by atoms with Crippen molar-refractivity contribution in [3.63, 3.8) is 0 Å². The van der Waals surface area contributed by atoms with E-state index in [4.69, 9.17) is 9.47 Å². The number of tetrazole rings is 1. The topological polar surface area (TPSA) is 108 Å². The van der Waals surface area contributed by atoms with E-state index in [2.05, 4.69) is 20.8 Å². The molecule has 2 aromatic carbocycles. The van der Waals surface area contributed by atoms with Gasteiger partial charge in [-0.25, -0.2) is 4.79 Å². The van der Waals surface area contributed by atoms with Gasteiger partial charge in [-0.3, -0.25) is 4.79 Å². The lowest BCUT2D eigenvalue weighted by Crippen LogP contribution is -2.16. The minimum atomic E-state index is -0.464. The number of nitrogens with one attached hydrogen (secondary N) is 1. The zero-order chi connectivity index (χ0) is 20.8. The van der Waals surface area contributed by atoms with Crippen molar-refractivity contribution in [3.05, 3.63) is 53.6 Å². The van der Waals surface area contributed by atoms with Crippen molar-refractivity contribution < 1.29 is 19.1 Å². The highest BCUT2D eigenvalue weighted by molar-refractivity contribution is 7.99. The molecule has 0 spiro atoms. The van der Waals surface area contributed by atoms with Gasteiger partial charge < -0.3 is 14.8 Å². The van der Waals surface area contributed by atoms with Crippen LogP contribution >= 0.6 is 11.8 Å². The smallest absolute Gasteiger partial charge is 0.337 e. The number of esters is 1. The number of carbonyl (C=O) groups excluding carboxylic acids is 2. The lowest BCUT2D eigenvalue weighted by Gasteiger charge is -2.10. The van der Waals surface area contributed by atoms with Gasteiger partial charge in [-0.1, -0.05) is 17.8 Å². The van der Waals surface area contributed by atoms with Crippen LogP contribution in [0.5, 0.6) is 5.75 Å². The molecular weight excluding hydrogens is 394 g/mol. The summed E-state index contributed by atoms with van der Waals surface area (Å²) in [5.74, 6) is 0.108. The fraction of sp³-hybridized carbons (Fsp3) is 0.211. The van der Waals surface area contributed by atoms with Crippen LogP contribution in [0.25, 0.3) is 5.69 Å². The highest BCUT2D eigenvalue weighted by atomic mass is 32.2. The number of methoxy groups -OCH3 is 2. The molecule has 0 saturated heterocycles. The first-order chi connectivity index (χ1) is 14.0. The van der Waals surface area contributed by atoms with E-state index in [1.165, 1.54) is 18.9 Å². The van der Waals surface area contributed by atoms with Crippen molar-refractivity contribution in [1.82, 2.24) is 20.2 Å². The van der Waals surface area contributed by atoms with Gasteiger partial charge in [0.1, 0.15) is 5.75 Å². The van der Waals surface area contributed by atoms with Gasteiger partial charge in [-0.2, -0.15) is 4.68 Å². The number of aromatic nitrogens is 4. The number of anilines is 1. The third-order valence-corrected chi connectivity index (χ3v) is 4.94. The summed E-state index contributed by atoms with van der Waals surface area (Å²) >= 11 is 1.20. The lowest BCUT2D eigenvalue weighted by atomic mass is 10.1. The minimum Gasteiger partial charge on any atom is -0.497 e. The first-order valence-electron chi connectivity index (χ1n) is 8.56. The summed E-state index contributed by atoms with van der Waals surface area (Å²) in [5.41, 5.74) is 2.50. The molecule has 10 heteroatoms. The highest BCUT2D eigenvalue weighted by Gasteiger charge is 2.14. The van der Waals surface area contributed by atoms with Crippen molar-refractivity contribution in [2.75, 3.05) is 25.3 Å². The summed E-state index contributed by atoms with van der Waals surface area (Å²) in [5, 5.41) is 14.9. The molecule has 1 N–H and O–H groups in total. The summed E-state index contributed by atoms with van der Waals surface area (Å²) in [6.07, 6.45) is 0. The number of benzene rings is 2. The van der Waals surface area contributed by atoms with Gasteiger partial charge in [0, 0.05) is 5.69 Å². The van der Waals surface area contributed by atoms with Crippen molar-refractivity contribution in [1.29, 1.82) is 0 Å². The number of hydrogen-bond acceptors (Lipinski definition) is 8. The first-order valence-corrected chi connectivity index (χ1v) is 9.55. The van der Waals surface area contributed by atoms with E-state index < -0.39 is 5.97 Å². The van der Waals surface area contributed by atoms with E-state index in [-0.39, 0.29) is 11.7 Å². The number of hydrogen-bond donors (Lipinski definition) is 1. The van der Waals surface area contributed by atoms with E-state index >= 15 is 0 Å². The van der Waals surface area contributed by atoms with E-state index in [0.717, 1.165) is 17.0 Å². The highest BCUT2D eigenvalue weighted by Crippen LogP contribution is 2.22. The van der Waals surface area contributed by atoms with E-state index in [1.54, 1.807) is 42.1 Å². The van der Waals surface area contributed by atoms with Crippen molar-refractivity contribution in [2.24, 2.45) is 0 Å². The summed E-state index contributed by atoms with van der Waals surface area (Å²) < 4.78 is 11.4. The molecule has 9 nitrogen and oxygen atoms in total. The summed E-state index contributed by atoms with van der Waals surface area (Å²) in [7, 11) is 2.90. The molecule has 3 rings (SSSR count). The molecule has 29 heavy (non-hydrogen) atoms. The SMILES string of the molecule is COC(=O)c1ccc(C)c(NC(=O)CSc2nnnn2-c2ccc(OC)cc2)c1. The number of rotatable bonds is 7. The van der Waals surface area contributed by atoms with Crippen LogP contribution in [-0.2, 0) is 9.53 Å². The third-order valence-electron chi connectivity index (χ3n) is 4.02. The second-order valence-electron chi connectivity index (χ2n) is 5.93. The zero-order valence-electron chi connectivity index (χ0n) is 16.1. The molecule has 0 unspecified atom stereocenters. The van der Waals surface area contributed by atoms with Gasteiger partial charge in [0.25, 0.3) is 0 Å². The van der Waals surface area contributed by atoms with Crippen LogP contribution in [0.1, 0.15) is 15.9 Å². The van der Waals surface area contributed by atoms with Gasteiger partial charge in [0.05, 0.1) is 31.2 Å². The van der Waals surface area contributed by atoms with Crippen LogP contribution in [0.4, 0.5) is 5.69 Å². The average molecular weight is 413 g/mol. The monoisotopic (exact) mass is 413 g/mol. The minimum absolute atomic E-state index is 0.0957. The fourth-order valence-corrected chi connectivity index (χ4v) is 3.16. The standard InChI is InChI=1S/C19H19N5O4S/c1-12-4-5-13(18(26)28-3)10-16(12)20-17(25)11-29-19-21-22-23-24(19)14-6-8-15(27-2)9-7-14/h4-10H,11H2,1-3H3,(H,20,25). The number of nitrogens with zero attached hydrogens (tertiary/aromatic N) is 4. The third kappa shape index (κ3) is 4.91. The first kappa shape index (κ1) is 20.3. The molecule has 3 aromatic rings. The number of aryl methyl sites for hydroxylation is 1. The maximum absolute atomic E-state index is 12.4. The van der Waals surface area contributed by atoms with Gasteiger partial charge in [0.2, 0.25) is 11.1 Å². The summed E-state index contributed by atoms with van der Waals surface area (Å²) in [6, 6.07) is 12.2. The quantitative estimate of drug-likeness (QED) is 0.465. The predicted octanol–water partition coefficient (Wildman–Crippen LogP) is 2.50. The number of thioether (sulfide) groups is 1. The Bertz CT molecular complexity index is 1020. The molecule has 0 fully saturated rings. The second kappa shape index (κ2) is 9.20. The Morgan fingerprint density at radius 2 is 1.90 bits per heavy atom. The Balaban J connectivity index is 1.66. The van der Waals surface area contributed by atoms with Gasteiger partial charge in [0.15, 0.2) is 0 Å². The Kier molecular flexibility index (Phi) is 6.45. The summed E-state index contributed by atoms with van der Waals surface area (Å²) in [4.78, 5) is 24.1. The zero-order valence-corrected chi connectivity index (χ0v) is 16.9. The van der Waals surface area contributed by atoms with Gasteiger partial charge >= 0.3 is 5.97 Å². The maximum Gasteiger partial charge on any atom is 0.337 e. The Morgan fingerprint density at radius 1 is 1.14 bits per heavy atom. The van der Waals surface area contributed by atoms with E-state index in [1.807, 2.05) is 19.1 Å². The molecule has 0 saturated carbocycles. The van der Waals surface area contributed by atoms with Crippen LogP contribution in [0.3, 0.4) is 0 Å². The predicted molar refractivity (Wildman–Crippen MR) is 108 cm³/mol. The van der Waals surface area contributed by atoms with Crippen LogP contribution < -0.4 is 10.1 Å². The Hall–Kier alpha value is -3.40. The van der Waals surface area contributed by atoms with Crippen LogP contribution in [0.2, 0.25) is 0 Å². The molecule has 0 aliphatic heterocycles. The van der Waals surface area contributed by atoms with Crippen LogP contribution in [0.15, 0.2) is 47.6 Å². The molecule has 0 aliphatic rings. The molecule has 0 radical (unpaired) electrons. The number of amides is 1. The molecule has 1 amide bonds. The molecule has 0 aliphatic carbocycles. The van der Waals surface area contributed by atoms with Crippen LogP contribution in [0, 0.1) is 6.92 Å². The van der Waals surface area contributed by atoms with Crippen molar-refractivity contribution >= 4 is 29.3 Å². The molecule has 1 aromatic heterocycles. The lowest BCUT2D eigenvalue weighted by molar-refractivity contribution is -0.113. The maximum atomic E-state index is 12.4. The molecule has 0 bridgehead atoms. The number of ether oxygens (including phenoxy) is 2. The normalized spacial score (nSPS) is 10.4.